The average molecular weight is 532 g/mol. The Bertz CT molecular complexity index is 1090. The van der Waals surface area contributed by atoms with Crippen LogP contribution in [0.4, 0.5) is 0 Å². The molecule has 0 spiro atoms. The molecule has 5 unspecified atom stereocenters. The molecule has 2 rings (SSSR count). The number of rotatable bonds is 15. The predicted octanol–water partition coefficient (Wildman–Crippen LogP) is -2.29. The summed E-state index contributed by atoms with van der Waals surface area (Å²) in [6.07, 6.45) is 1.11. The third kappa shape index (κ3) is 9.63. The number of aliphatic hydroxyl groups excluding tert-OH is 1. The summed E-state index contributed by atoms with van der Waals surface area (Å²) < 4.78 is 0. The fraction of sp³-hybridized carbons (Fsp3) is 0.417. The van der Waals surface area contributed by atoms with E-state index in [1.807, 2.05) is 0 Å². The van der Waals surface area contributed by atoms with Crippen molar-refractivity contribution in [1.29, 1.82) is 0 Å². The number of nitrogens with two attached hydrogens (primary N) is 2. The average Bonchev–Trinajstić information content (AvgIpc) is 3.38. The molecule has 5 atom stereocenters. The minimum Gasteiger partial charge on any atom is -0.480 e. The number of carbonyl (C=O) groups excluding carboxylic acids is 4. The van der Waals surface area contributed by atoms with Gasteiger partial charge in [0, 0.05) is 31.2 Å². The number of nitrogens with zero attached hydrogens (tertiary/aromatic N) is 1. The Morgan fingerprint density at radius 3 is 2.18 bits per heavy atom. The van der Waals surface area contributed by atoms with E-state index < -0.39 is 59.9 Å². The maximum Gasteiger partial charge on any atom is 0.326 e. The van der Waals surface area contributed by atoms with E-state index in [0.717, 1.165) is 0 Å². The number of hydrogen-bond acceptors (Lipinski definition) is 8. The van der Waals surface area contributed by atoms with Gasteiger partial charge in [-0.05, 0) is 18.9 Å². The van der Waals surface area contributed by atoms with Gasteiger partial charge in [0.25, 0.3) is 0 Å². The van der Waals surface area contributed by atoms with Crippen LogP contribution in [0.3, 0.4) is 0 Å². The lowest BCUT2D eigenvalue weighted by molar-refractivity contribution is -0.142. The number of aliphatic carboxylic acids is 1. The van der Waals surface area contributed by atoms with E-state index in [-0.39, 0.29) is 25.7 Å². The zero-order chi connectivity index (χ0) is 28.2. The molecular formula is C24H33N7O7. The van der Waals surface area contributed by atoms with Crippen LogP contribution in [0.2, 0.25) is 0 Å². The van der Waals surface area contributed by atoms with Crippen molar-refractivity contribution in [3.05, 3.63) is 54.1 Å². The molecule has 0 radical (unpaired) electrons. The van der Waals surface area contributed by atoms with Crippen molar-refractivity contribution >= 4 is 29.6 Å². The number of imidazole rings is 1. The van der Waals surface area contributed by atoms with Gasteiger partial charge in [-0.1, -0.05) is 30.3 Å². The number of benzene rings is 1. The van der Waals surface area contributed by atoms with Crippen molar-refractivity contribution in [2.24, 2.45) is 11.5 Å². The van der Waals surface area contributed by atoms with Crippen LogP contribution in [0.1, 0.15) is 31.0 Å². The molecule has 0 saturated heterocycles. The summed E-state index contributed by atoms with van der Waals surface area (Å²) in [5, 5.41) is 27.0. The van der Waals surface area contributed by atoms with E-state index in [2.05, 4.69) is 25.9 Å². The number of amides is 4. The molecule has 1 aromatic carbocycles. The van der Waals surface area contributed by atoms with Gasteiger partial charge in [0.1, 0.15) is 18.1 Å². The highest BCUT2D eigenvalue weighted by Gasteiger charge is 2.32. The molecule has 0 bridgehead atoms. The molecule has 0 fully saturated rings. The van der Waals surface area contributed by atoms with Gasteiger partial charge in [-0.3, -0.25) is 19.2 Å². The van der Waals surface area contributed by atoms with Crippen LogP contribution in [0.25, 0.3) is 0 Å². The predicted molar refractivity (Wildman–Crippen MR) is 134 cm³/mol. The first kappa shape index (κ1) is 29.9. The highest BCUT2D eigenvalue weighted by molar-refractivity contribution is 5.94. The molecular weight excluding hydrogens is 498 g/mol. The number of primary amides is 1. The van der Waals surface area contributed by atoms with Crippen LogP contribution in [-0.4, -0.2) is 80.1 Å². The number of carbonyl (C=O) groups is 5. The summed E-state index contributed by atoms with van der Waals surface area (Å²) in [7, 11) is 0. The van der Waals surface area contributed by atoms with Crippen LogP contribution >= 0.6 is 0 Å². The highest BCUT2D eigenvalue weighted by atomic mass is 16.4. The summed E-state index contributed by atoms with van der Waals surface area (Å²) in [5.74, 6) is -4.44. The van der Waals surface area contributed by atoms with Crippen molar-refractivity contribution in [3.63, 3.8) is 0 Å². The topological polar surface area (TPSA) is 243 Å². The Labute approximate surface area is 218 Å². The number of aliphatic hydroxyl groups is 1. The van der Waals surface area contributed by atoms with Gasteiger partial charge >= 0.3 is 5.97 Å². The minimum atomic E-state index is -1.49. The Morgan fingerprint density at radius 2 is 1.63 bits per heavy atom. The van der Waals surface area contributed by atoms with Gasteiger partial charge in [-0.15, -0.1) is 0 Å². The summed E-state index contributed by atoms with van der Waals surface area (Å²) in [6.45, 7) is 1.26. The highest BCUT2D eigenvalue weighted by Crippen LogP contribution is 2.07. The van der Waals surface area contributed by atoms with Gasteiger partial charge in [0.05, 0.1) is 18.5 Å². The summed E-state index contributed by atoms with van der Waals surface area (Å²) in [6, 6.07) is 3.43. The van der Waals surface area contributed by atoms with Crippen LogP contribution in [-0.2, 0) is 36.8 Å². The van der Waals surface area contributed by atoms with E-state index in [4.69, 9.17) is 11.5 Å². The monoisotopic (exact) mass is 531 g/mol. The smallest absolute Gasteiger partial charge is 0.326 e. The molecule has 38 heavy (non-hydrogen) atoms. The summed E-state index contributed by atoms with van der Waals surface area (Å²) in [5.41, 5.74) is 12.0. The maximum absolute atomic E-state index is 13.2. The van der Waals surface area contributed by atoms with E-state index in [9.17, 15) is 34.2 Å². The molecule has 14 heteroatoms. The van der Waals surface area contributed by atoms with E-state index >= 15 is 0 Å². The Hall–Kier alpha value is -4.30. The Morgan fingerprint density at radius 1 is 0.974 bits per heavy atom. The minimum absolute atomic E-state index is 0.00654. The molecule has 0 aliphatic rings. The number of hydrogen-bond donors (Lipinski definition) is 8. The van der Waals surface area contributed by atoms with Crippen LogP contribution in [0.15, 0.2) is 42.9 Å². The zero-order valence-electron chi connectivity index (χ0n) is 20.8. The number of aromatic nitrogens is 2. The number of carboxylic acid groups (broad SMARTS) is 1. The first-order valence-corrected chi connectivity index (χ1v) is 11.8. The van der Waals surface area contributed by atoms with E-state index in [1.165, 1.54) is 19.4 Å². The summed E-state index contributed by atoms with van der Waals surface area (Å²) in [4.78, 5) is 68.0. The fourth-order valence-electron chi connectivity index (χ4n) is 3.50. The third-order valence-corrected chi connectivity index (χ3v) is 5.61. The zero-order valence-corrected chi connectivity index (χ0v) is 20.8. The molecule has 0 aliphatic heterocycles. The fourth-order valence-corrected chi connectivity index (χ4v) is 3.50. The van der Waals surface area contributed by atoms with Crippen molar-refractivity contribution in [2.45, 2.75) is 62.9 Å². The van der Waals surface area contributed by atoms with Crippen LogP contribution in [0, 0.1) is 0 Å². The molecule has 2 aromatic rings. The second-order valence-corrected chi connectivity index (χ2v) is 8.77. The Balaban J connectivity index is 2.19. The molecule has 0 saturated carbocycles. The molecule has 1 aromatic heterocycles. The first-order chi connectivity index (χ1) is 18.0. The van der Waals surface area contributed by atoms with Gasteiger partial charge in [0.15, 0.2) is 0 Å². The first-order valence-electron chi connectivity index (χ1n) is 11.8. The van der Waals surface area contributed by atoms with E-state index in [0.29, 0.717) is 11.3 Å². The second-order valence-electron chi connectivity index (χ2n) is 8.77. The molecule has 206 valence electrons. The summed E-state index contributed by atoms with van der Waals surface area (Å²) >= 11 is 0. The molecule has 0 aliphatic carbocycles. The third-order valence-electron chi connectivity index (χ3n) is 5.61. The largest absolute Gasteiger partial charge is 0.480 e. The number of carboxylic acids is 1. The van der Waals surface area contributed by atoms with Crippen LogP contribution < -0.4 is 27.4 Å². The van der Waals surface area contributed by atoms with Crippen molar-refractivity contribution in [3.8, 4) is 0 Å². The van der Waals surface area contributed by atoms with Crippen molar-refractivity contribution in [1.82, 2.24) is 25.9 Å². The lowest BCUT2D eigenvalue weighted by Gasteiger charge is -2.26. The van der Waals surface area contributed by atoms with Crippen molar-refractivity contribution in [2.75, 3.05) is 0 Å². The number of nitrogens with one attached hydrogen (secondary N) is 4. The van der Waals surface area contributed by atoms with Gasteiger partial charge in [-0.2, -0.15) is 0 Å². The van der Waals surface area contributed by atoms with Gasteiger partial charge in [-0.25, -0.2) is 9.78 Å². The second kappa shape index (κ2) is 14.4. The number of aromatic amines is 1. The quantitative estimate of drug-likeness (QED) is 0.123. The normalized spacial score (nSPS) is 14.8. The van der Waals surface area contributed by atoms with Gasteiger partial charge < -0.3 is 42.6 Å². The van der Waals surface area contributed by atoms with Gasteiger partial charge in [0.2, 0.25) is 23.6 Å². The lowest BCUT2D eigenvalue weighted by Crippen LogP contribution is -2.60. The lowest BCUT2D eigenvalue weighted by atomic mass is 10.0. The van der Waals surface area contributed by atoms with Crippen molar-refractivity contribution < 1.29 is 34.2 Å². The molecule has 10 N–H and O–H groups in total. The number of H-pyrrole nitrogens is 1. The SMILES string of the molecule is CC(O)C(NC(=O)C(N)CCC(N)=O)C(=O)NC(Cc1ccccc1)C(=O)NC(Cc1cnc[nH]1)C(=O)O. The van der Waals surface area contributed by atoms with E-state index in [1.54, 1.807) is 30.3 Å². The molecule has 14 nitrogen and oxygen atoms in total. The van der Waals surface area contributed by atoms with Crippen LogP contribution in [0.5, 0.6) is 0 Å². The Kier molecular flexibility index (Phi) is 11.4. The molecule has 4 amide bonds. The maximum atomic E-state index is 13.2. The molecule has 1 heterocycles. The standard InChI is InChI=1S/C24H33N7O7/c1-13(32)20(31-21(34)16(25)7-8-19(26)33)23(36)29-17(9-14-5-3-2-4-6-14)22(35)30-18(24(37)38)10-15-11-27-12-28-15/h2-6,11-13,16-18,20,32H,7-10,25H2,1H3,(H2,26,33)(H,27,28)(H,29,36)(H,30,35)(H,31,34)(H,37,38).